The molecule has 0 saturated carbocycles. The summed E-state index contributed by atoms with van der Waals surface area (Å²) in [6.45, 7) is 5.66. The van der Waals surface area contributed by atoms with E-state index in [1.165, 1.54) is 11.3 Å². The third kappa shape index (κ3) is 4.51. The lowest BCUT2D eigenvalue weighted by Gasteiger charge is -2.24. The largest absolute Gasteiger partial charge is 0.494 e. The zero-order chi connectivity index (χ0) is 23.5. The maximum absolute atomic E-state index is 14.1. The third-order valence-electron chi connectivity index (χ3n) is 5.56. The second-order valence-electron chi connectivity index (χ2n) is 8.11. The molecule has 1 heterocycles. The molecule has 33 heavy (non-hydrogen) atoms. The van der Waals surface area contributed by atoms with Crippen molar-refractivity contribution >= 4 is 43.4 Å². The van der Waals surface area contributed by atoms with Crippen molar-refractivity contribution < 1.29 is 14.3 Å². The monoisotopic (exact) mass is 463 g/mol. The summed E-state index contributed by atoms with van der Waals surface area (Å²) >= 11 is 1.52. The number of ether oxygens (including phenoxy) is 2. The molecular weight excluding hydrogens is 434 g/mol. The van der Waals surface area contributed by atoms with E-state index >= 15 is 0 Å². The van der Waals surface area contributed by atoms with E-state index in [-0.39, 0.29) is 5.91 Å². The smallest absolute Gasteiger partial charge is 0.264 e. The maximum atomic E-state index is 14.1. The average molecular weight is 464 g/mol. The number of fused-ring (bicyclic) bond motifs is 2. The van der Waals surface area contributed by atoms with E-state index in [4.69, 9.17) is 14.5 Å². The third-order valence-corrected chi connectivity index (χ3v) is 6.78. The number of rotatable bonds is 8. The van der Waals surface area contributed by atoms with Crippen LogP contribution < -0.4 is 14.4 Å². The Morgan fingerprint density at radius 2 is 1.79 bits per heavy atom. The Kier molecular flexibility index (Phi) is 6.81. The van der Waals surface area contributed by atoms with Gasteiger partial charge in [0, 0.05) is 13.1 Å². The molecule has 0 aliphatic rings. The van der Waals surface area contributed by atoms with Crippen LogP contribution >= 0.6 is 11.3 Å². The van der Waals surface area contributed by atoms with E-state index in [9.17, 15) is 4.79 Å². The highest BCUT2D eigenvalue weighted by Gasteiger charge is 2.27. The number of benzene rings is 3. The van der Waals surface area contributed by atoms with E-state index in [0.29, 0.717) is 41.9 Å². The average Bonchev–Trinajstić information content (AvgIpc) is 3.25. The molecule has 3 aromatic carbocycles. The molecule has 0 atom stereocenters. The fourth-order valence-corrected chi connectivity index (χ4v) is 4.92. The molecule has 0 radical (unpaired) electrons. The zero-order valence-electron chi connectivity index (χ0n) is 19.7. The lowest BCUT2D eigenvalue weighted by Crippen LogP contribution is -2.37. The molecule has 6 nitrogen and oxygen atoms in total. The molecule has 0 unspecified atom stereocenters. The minimum absolute atomic E-state index is 0.118. The summed E-state index contributed by atoms with van der Waals surface area (Å²) in [5, 5.41) is 2.52. The quantitative estimate of drug-likeness (QED) is 0.351. The van der Waals surface area contributed by atoms with Crippen LogP contribution in [0.1, 0.15) is 22.8 Å². The molecular formula is C26H29N3O3S. The van der Waals surface area contributed by atoms with Crippen LogP contribution in [0.2, 0.25) is 0 Å². The van der Waals surface area contributed by atoms with Crippen molar-refractivity contribution in [2.75, 3.05) is 45.8 Å². The fraction of sp³-hybridized carbons (Fsp3) is 0.308. The van der Waals surface area contributed by atoms with Crippen LogP contribution in [0.5, 0.6) is 11.5 Å². The van der Waals surface area contributed by atoms with Gasteiger partial charge in [-0.25, -0.2) is 4.98 Å². The summed E-state index contributed by atoms with van der Waals surface area (Å²) in [6, 6.07) is 15.7. The number of aromatic nitrogens is 1. The summed E-state index contributed by atoms with van der Waals surface area (Å²) in [4.78, 5) is 22.8. The van der Waals surface area contributed by atoms with E-state index in [1.54, 1.807) is 12.0 Å². The molecule has 0 aliphatic heterocycles. The van der Waals surface area contributed by atoms with E-state index < -0.39 is 0 Å². The first-order valence-electron chi connectivity index (χ1n) is 11.0. The van der Waals surface area contributed by atoms with Gasteiger partial charge in [0.2, 0.25) is 0 Å². The molecule has 0 spiro atoms. The van der Waals surface area contributed by atoms with Gasteiger partial charge in [-0.05, 0) is 56.4 Å². The van der Waals surface area contributed by atoms with Gasteiger partial charge >= 0.3 is 0 Å². The van der Waals surface area contributed by atoms with Crippen LogP contribution in [0.3, 0.4) is 0 Å². The Morgan fingerprint density at radius 1 is 1.03 bits per heavy atom. The summed E-state index contributed by atoms with van der Waals surface area (Å²) in [5.41, 5.74) is 2.45. The number of likely N-dealkylation sites (N-methyl/N-ethyl adjacent to an activating group) is 1. The highest BCUT2D eigenvalue weighted by molar-refractivity contribution is 7.22. The van der Waals surface area contributed by atoms with Gasteiger partial charge in [0.25, 0.3) is 5.91 Å². The Balaban J connectivity index is 1.89. The summed E-state index contributed by atoms with van der Waals surface area (Å²) < 4.78 is 12.5. The van der Waals surface area contributed by atoms with E-state index in [1.807, 2.05) is 76.5 Å². The first-order chi connectivity index (χ1) is 15.9. The van der Waals surface area contributed by atoms with Gasteiger partial charge in [-0.3, -0.25) is 9.69 Å². The van der Waals surface area contributed by atoms with Crippen molar-refractivity contribution in [1.29, 1.82) is 0 Å². The van der Waals surface area contributed by atoms with Crippen LogP contribution in [0.25, 0.3) is 21.0 Å². The number of hydrogen-bond acceptors (Lipinski definition) is 6. The van der Waals surface area contributed by atoms with Crippen molar-refractivity contribution in [2.45, 2.75) is 13.8 Å². The van der Waals surface area contributed by atoms with Crippen molar-refractivity contribution in [3.8, 4) is 11.5 Å². The Labute approximate surface area is 198 Å². The fourth-order valence-electron chi connectivity index (χ4n) is 3.85. The molecule has 0 fully saturated rings. The number of anilines is 1. The molecule has 4 aromatic rings. The molecule has 0 bridgehead atoms. The van der Waals surface area contributed by atoms with Gasteiger partial charge < -0.3 is 14.4 Å². The number of carbonyl (C=O) groups is 1. The van der Waals surface area contributed by atoms with Crippen molar-refractivity contribution in [3.63, 3.8) is 0 Å². The zero-order valence-corrected chi connectivity index (χ0v) is 20.5. The highest BCUT2D eigenvalue weighted by atomic mass is 32.1. The number of aryl methyl sites for hydroxylation is 1. The van der Waals surface area contributed by atoms with Gasteiger partial charge in [-0.1, -0.05) is 47.7 Å². The Hall–Kier alpha value is -3.16. The Bertz CT molecular complexity index is 1300. The number of hydrogen-bond donors (Lipinski definition) is 0. The normalized spacial score (nSPS) is 11.3. The van der Waals surface area contributed by atoms with Gasteiger partial charge in [0.15, 0.2) is 5.13 Å². The van der Waals surface area contributed by atoms with Crippen LogP contribution in [0.4, 0.5) is 5.13 Å². The molecule has 0 saturated heterocycles. The van der Waals surface area contributed by atoms with Crippen molar-refractivity contribution in [2.24, 2.45) is 0 Å². The predicted molar refractivity (Wildman–Crippen MR) is 136 cm³/mol. The van der Waals surface area contributed by atoms with Gasteiger partial charge in [-0.2, -0.15) is 0 Å². The lowest BCUT2D eigenvalue weighted by molar-refractivity contribution is 0.0983. The van der Waals surface area contributed by atoms with Crippen molar-refractivity contribution in [3.05, 3.63) is 59.7 Å². The minimum Gasteiger partial charge on any atom is -0.494 e. The first kappa shape index (κ1) is 23.0. The first-order valence-corrected chi connectivity index (χ1v) is 11.8. The number of nitrogens with zero attached hydrogens (tertiary/aromatic N) is 3. The van der Waals surface area contributed by atoms with E-state index in [2.05, 4.69) is 4.90 Å². The summed E-state index contributed by atoms with van der Waals surface area (Å²) in [5.74, 6) is 1.18. The SMILES string of the molecule is CCOc1ccc2ccccc2c1C(=O)N(CCN(C)C)c1nc2c(OC)ccc(C)c2s1. The number of carbonyl (C=O) groups excluding carboxylic acids is 1. The standard InChI is InChI=1S/C26H29N3O3S/c1-6-32-20-14-12-18-9-7-8-10-19(18)22(20)25(30)29(16-15-28(3)4)26-27-23-21(31-5)13-11-17(2)24(23)33-26/h7-14H,6,15-16H2,1-5H3. The minimum atomic E-state index is -0.118. The second-order valence-corrected chi connectivity index (χ2v) is 9.09. The highest BCUT2D eigenvalue weighted by Crippen LogP contribution is 2.38. The van der Waals surface area contributed by atoms with Crippen LogP contribution in [0, 0.1) is 6.92 Å². The number of amides is 1. The molecule has 1 aromatic heterocycles. The maximum Gasteiger partial charge on any atom is 0.264 e. The molecule has 7 heteroatoms. The summed E-state index contributed by atoms with van der Waals surface area (Å²) in [7, 11) is 5.64. The molecule has 0 N–H and O–H groups in total. The topological polar surface area (TPSA) is 54.9 Å². The van der Waals surface area contributed by atoms with Gasteiger partial charge in [0.05, 0.1) is 24.0 Å². The second kappa shape index (κ2) is 9.77. The van der Waals surface area contributed by atoms with Crippen molar-refractivity contribution in [1.82, 2.24) is 9.88 Å². The Morgan fingerprint density at radius 3 is 2.52 bits per heavy atom. The lowest BCUT2D eigenvalue weighted by atomic mass is 10.0. The molecule has 172 valence electrons. The van der Waals surface area contributed by atoms with Crippen LogP contribution in [-0.2, 0) is 0 Å². The molecule has 1 amide bonds. The molecule has 4 rings (SSSR count). The predicted octanol–water partition coefficient (Wildman–Crippen LogP) is 5.37. The van der Waals surface area contributed by atoms with Crippen LogP contribution in [0.15, 0.2) is 48.5 Å². The molecule has 0 aliphatic carbocycles. The number of thiazole rings is 1. The number of methoxy groups -OCH3 is 1. The van der Waals surface area contributed by atoms with Crippen LogP contribution in [-0.4, -0.2) is 56.7 Å². The van der Waals surface area contributed by atoms with E-state index in [0.717, 1.165) is 26.6 Å². The van der Waals surface area contributed by atoms with Gasteiger partial charge in [0.1, 0.15) is 17.0 Å². The van der Waals surface area contributed by atoms with Gasteiger partial charge in [-0.15, -0.1) is 0 Å². The summed E-state index contributed by atoms with van der Waals surface area (Å²) in [6.07, 6.45) is 0.